The van der Waals surface area contributed by atoms with E-state index in [0.717, 1.165) is 6.07 Å². The first kappa shape index (κ1) is 16.9. The molecule has 1 amide bonds. The zero-order chi connectivity index (χ0) is 16.0. The van der Waals surface area contributed by atoms with E-state index in [1.165, 1.54) is 17.0 Å². The summed E-state index contributed by atoms with van der Waals surface area (Å²) in [5.74, 6) is -1.61. The smallest absolute Gasteiger partial charge is 0.325 e. The number of esters is 1. The summed E-state index contributed by atoms with van der Waals surface area (Å²) in [4.78, 5) is 25.3. The molecule has 0 heterocycles. The fraction of sp³-hybridized carbons (Fsp3) is 0.467. The lowest BCUT2D eigenvalue weighted by molar-refractivity contribution is -0.143. The highest BCUT2D eigenvalue weighted by atomic mass is 19.1. The molecule has 1 aromatic carbocycles. The number of hydrogen-bond acceptors (Lipinski definition) is 4. The van der Waals surface area contributed by atoms with Gasteiger partial charge < -0.3 is 15.4 Å². The predicted molar refractivity (Wildman–Crippen MR) is 78.2 cm³/mol. The molecule has 0 atom stereocenters. The SMILES string of the molecule is CCOC(=O)CN(CC(C)C)C(=O)c1cc(N)ccc1F. The van der Waals surface area contributed by atoms with Crippen LogP contribution in [0, 0.1) is 11.7 Å². The van der Waals surface area contributed by atoms with Crippen molar-refractivity contribution in [3.8, 4) is 0 Å². The highest BCUT2D eigenvalue weighted by Gasteiger charge is 2.23. The predicted octanol–water partition coefficient (Wildman–Crippen LogP) is 2.07. The van der Waals surface area contributed by atoms with Crippen LogP contribution >= 0.6 is 0 Å². The maximum Gasteiger partial charge on any atom is 0.325 e. The topological polar surface area (TPSA) is 72.6 Å². The second-order valence-corrected chi connectivity index (χ2v) is 5.12. The van der Waals surface area contributed by atoms with Gasteiger partial charge in [0.25, 0.3) is 5.91 Å². The van der Waals surface area contributed by atoms with Gasteiger partial charge in [0.15, 0.2) is 0 Å². The standard InChI is InChI=1S/C15H21FN2O3/c1-4-21-14(19)9-18(8-10(2)3)15(20)12-7-11(17)5-6-13(12)16/h5-7,10H,4,8-9,17H2,1-3H3. The normalized spacial score (nSPS) is 10.5. The van der Waals surface area contributed by atoms with Crippen LogP contribution in [-0.4, -0.2) is 36.5 Å². The Kier molecular flexibility index (Phi) is 6.14. The summed E-state index contributed by atoms with van der Waals surface area (Å²) in [5, 5.41) is 0. The number of amides is 1. The molecule has 0 bridgehead atoms. The number of carbonyl (C=O) groups is 2. The molecule has 0 radical (unpaired) electrons. The largest absolute Gasteiger partial charge is 0.465 e. The van der Waals surface area contributed by atoms with E-state index in [-0.39, 0.29) is 24.6 Å². The van der Waals surface area contributed by atoms with Crippen molar-refractivity contribution in [1.29, 1.82) is 0 Å². The molecule has 0 saturated carbocycles. The van der Waals surface area contributed by atoms with Crippen molar-refractivity contribution in [1.82, 2.24) is 4.90 Å². The van der Waals surface area contributed by atoms with E-state index in [1.54, 1.807) is 6.92 Å². The van der Waals surface area contributed by atoms with Crippen LogP contribution in [0.15, 0.2) is 18.2 Å². The number of carbonyl (C=O) groups excluding carboxylic acids is 2. The van der Waals surface area contributed by atoms with Gasteiger partial charge in [-0.1, -0.05) is 13.8 Å². The minimum absolute atomic E-state index is 0.132. The molecule has 0 fully saturated rings. The van der Waals surface area contributed by atoms with Gasteiger partial charge in [-0.3, -0.25) is 9.59 Å². The Morgan fingerprint density at radius 2 is 2.05 bits per heavy atom. The van der Waals surface area contributed by atoms with Gasteiger partial charge in [0, 0.05) is 12.2 Å². The lowest BCUT2D eigenvalue weighted by Gasteiger charge is -2.24. The molecule has 0 unspecified atom stereocenters. The number of nitrogens with zero attached hydrogens (tertiary/aromatic N) is 1. The monoisotopic (exact) mass is 296 g/mol. The van der Waals surface area contributed by atoms with E-state index in [1.807, 2.05) is 13.8 Å². The summed E-state index contributed by atoms with van der Waals surface area (Å²) in [5.41, 5.74) is 5.74. The number of ether oxygens (including phenoxy) is 1. The van der Waals surface area contributed by atoms with E-state index >= 15 is 0 Å². The number of nitrogen functional groups attached to an aromatic ring is 1. The molecule has 0 aromatic heterocycles. The second-order valence-electron chi connectivity index (χ2n) is 5.12. The van der Waals surface area contributed by atoms with Crippen LogP contribution in [0.2, 0.25) is 0 Å². The second kappa shape index (κ2) is 7.61. The van der Waals surface area contributed by atoms with E-state index < -0.39 is 17.7 Å². The Morgan fingerprint density at radius 3 is 2.62 bits per heavy atom. The van der Waals surface area contributed by atoms with Gasteiger partial charge >= 0.3 is 5.97 Å². The average Bonchev–Trinajstić information content (AvgIpc) is 2.39. The molecule has 0 spiro atoms. The number of nitrogens with two attached hydrogens (primary N) is 1. The first-order valence-electron chi connectivity index (χ1n) is 6.85. The van der Waals surface area contributed by atoms with E-state index in [9.17, 15) is 14.0 Å². The van der Waals surface area contributed by atoms with Gasteiger partial charge in [0.05, 0.1) is 12.2 Å². The summed E-state index contributed by atoms with van der Waals surface area (Å²) in [6.45, 7) is 5.84. The number of rotatable bonds is 6. The molecule has 0 aliphatic carbocycles. The van der Waals surface area contributed by atoms with Crippen molar-refractivity contribution in [3.63, 3.8) is 0 Å². The molecule has 0 saturated heterocycles. The van der Waals surface area contributed by atoms with Gasteiger partial charge in [-0.05, 0) is 31.0 Å². The van der Waals surface area contributed by atoms with Crippen LogP contribution in [0.25, 0.3) is 0 Å². The molecule has 2 N–H and O–H groups in total. The van der Waals surface area contributed by atoms with Crippen molar-refractivity contribution >= 4 is 17.6 Å². The molecule has 5 nitrogen and oxygen atoms in total. The maximum absolute atomic E-state index is 13.8. The molecule has 1 aromatic rings. The van der Waals surface area contributed by atoms with Gasteiger partial charge in [-0.2, -0.15) is 0 Å². The maximum atomic E-state index is 13.8. The van der Waals surface area contributed by atoms with Gasteiger partial charge in [-0.25, -0.2) is 4.39 Å². The Bertz CT molecular complexity index is 518. The van der Waals surface area contributed by atoms with Crippen molar-refractivity contribution in [2.75, 3.05) is 25.4 Å². The highest BCUT2D eigenvalue weighted by molar-refractivity contribution is 5.97. The number of benzene rings is 1. The first-order chi connectivity index (χ1) is 9.85. The van der Waals surface area contributed by atoms with Crippen LogP contribution in [-0.2, 0) is 9.53 Å². The zero-order valence-electron chi connectivity index (χ0n) is 12.6. The molecule has 0 aliphatic rings. The first-order valence-corrected chi connectivity index (χ1v) is 6.85. The molecule has 1 rings (SSSR count). The Labute approximate surface area is 123 Å². The van der Waals surface area contributed by atoms with Crippen LogP contribution in [0.5, 0.6) is 0 Å². The third-order valence-corrected chi connectivity index (χ3v) is 2.72. The highest BCUT2D eigenvalue weighted by Crippen LogP contribution is 2.15. The molecule has 6 heteroatoms. The summed E-state index contributed by atoms with van der Waals surface area (Å²) in [7, 11) is 0. The average molecular weight is 296 g/mol. The Morgan fingerprint density at radius 1 is 1.38 bits per heavy atom. The van der Waals surface area contributed by atoms with E-state index in [4.69, 9.17) is 10.5 Å². The third kappa shape index (κ3) is 5.06. The minimum Gasteiger partial charge on any atom is -0.465 e. The molecule has 116 valence electrons. The van der Waals surface area contributed by atoms with Crippen LogP contribution in [0.4, 0.5) is 10.1 Å². The zero-order valence-corrected chi connectivity index (χ0v) is 12.6. The Hall–Kier alpha value is -2.11. The van der Waals surface area contributed by atoms with E-state index in [0.29, 0.717) is 12.2 Å². The summed E-state index contributed by atoms with van der Waals surface area (Å²) >= 11 is 0. The molecule has 0 aliphatic heterocycles. The lowest BCUT2D eigenvalue weighted by atomic mass is 10.1. The quantitative estimate of drug-likeness (QED) is 0.644. The number of anilines is 1. The van der Waals surface area contributed by atoms with Gasteiger partial charge in [-0.15, -0.1) is 0 Å². The third-order valence-electron chi connectivity index (χ3n) is 2.72. The Balaban J connectivity index is 2.98. The van der Waals surface area contributed by atoms with Gasteiger partial charge in [0.2, 0.25) is 0 Å². The van der Waals surface area contributed by atoms with Crippen LogP contribution < -0.4 is 5.73 Å². The number of halogens is 1. The van der Waals surface area contributed by atoms with Crippen molar-refractivity contribution in [2.24, 2.45) is 5.92 Å². The van der Waals surface area contributed by atoms with Crippen LogP contribution in [0.1, 0.15) is 31.1 Å². The molecular formula is C15H21FN2O3. The fourth-order valence-electron chi connectivity index (χ4n) is 1.90. The lowest BCUT2D eigenvalue weighted by Crippen LogP contribution is -2.39. The van der Waals surface area contributed by atoms with E-state index in [2.05, 4.69) is 0 Å². The summed E-state index contributed by atoms with van der Waals surface area (Å²) in [6.07, 6.45) is 0. The van der Waals surface area contributed by atoms with Crippen molar-refractivity contribution in [3.05, 3.63) is 29.6 Å². The summed E-state index contributed by atoms with van der Waals surface area (Å²) in [6, 6.07) is 3.79. The summed E-state index contributed by atoms with van der Waals surface area (Å²) < 4.78 is 18.6. The number of hydrogen-bond donors (Lipinski definition) is 1. The van der Waals surface area contributed by atoms with Gasteiger partial charge in [0.1, 0.15) is 12.4 Å². The fourth-order valence-corrected chi connectivity index (χ4v) is 1.90. The van der Waals surface area contributed by atoms with Crippen LogP contribution in [0.3, 0.4) is 0 Å². The molecule has 21 heavy (non-hydrogen) atoms. The van der Waals surface area contributed by atoms with Crippen molar-refractivity contribution < 1.29 is 18.7 Å². The minimum atomic E-state index is -0.660. The molecular weight excluding hydrogens is 275 g/mol. The van der Waals surface area contributed by atoms with Crippen molar-refractivity contribution in [2.45, 2.75) is 20.8 Å².